The summed E-state index contributed by atoms with van der Waals surface area (Å²) >= 11 is 1.65. The first-order valence-corrected chi connectivity index (χ1v) is 6.30. The minimum Gasteiger partial charge on any atom is -0.348 e. The summed E-state index contributed by atoms with van der Waals surface area (Å²) < 4.78 is 2.10. The Hall–Kier alpha value is -1.42. The van der Waals surface area contributed by atoms with Gasteiger partial charge < -0.3 is 4.57 Å². The van der Waals surface area contributed by atoms with Crippen LogP contribution >= 0.6 is 11.3 Å². The Labute approximate surface area is 97.7 Å². The van der Waals surface area contributed by atoms with Gasteiger partial charge in [-0.3, -0.25) is 9.78 Å². The van der Waals surface area contributed by atoms with Crippen molar-refractivity contribution in [3.8, 4) is 0 Å². The van der Waals surface area contributed by atoms with Crippen LogP contribution in [0.15, 0.2) is 24.1 Å². The molecule has 2 heterocycles. The molecule has 0 amide bonds. The van der Waals surface area contributed by atoms with E-state index in [1.165, 1.54) is 10.4 Å². The van der Waals surface area contributed by atoms with Gasteiger partial charge in [0.25, 0.3) is 0 Å². The van der Waals surface area contributed by atoms with Crippen LogP contribution in [-0.2, 0) is 13.0 Å². The van der Waals surface area contributed by atoms with Gasteiger partial charge in [-0.25, -0.2) is 0 Å². The third kappa shape index (κ3) is 1.69. The molecule has 0 fully saturated rings. The Morgan fingerprint density at radius 1 is 1.38 bits per heavy atom. The van der Waals surface area contributed by atoms with Gasteiger partial charge in [0.15, 0.2) is 5.78 Å². The van der Waals surface area contributed by atoms with E-state index in [-0.39, 0.29) is 0 Å². The molecule has 16 heavy (non-hydrogen) atoms. The summed E-state index contributed by atoms with van der Waals surface area (Å²) in [4.78, 5) is 17.0. The Bertz CT molecular complexity index is 513. The average molecular weight is 232 g/mol. The molecule has 3 rings (SSSR count). The first-order valence-electron chi connectivity index (χ1n) is 5.42. The number of Topliss-reactive ketones (excluding diaryl/α,β-unsaturated/α-hetero) is 1. The summed E-state index contributed by atoms with van der Waals surface area (Å²) in [7, 11) is 0. The molecule has 0 radical (unpaired) electrons. The molecule has 1 aliphatic carbocycles. The number of nitrogens with zero attached hydrogens (tertiary/aromatic N) is 2. The lowest BCUT2D eigenvalue weighted by molar-refractivity contribution is 0.0973. The average Bonchev–Trinajstić information content (AvgIpc) is 2.88. The number of rotatable bonds is 2. The minimum atomic E-state index is 0.296. The topological polar surface area (TPSA) is 34.9 Å². The summed E-state index contributed by atoms with van der Waals surface area (Å²) in [5, 5.41) is 0. The second-order valence-electron chi connectivity index (χ2n) is 4.11. The number of hydrogen-bond donors (Lipinski definition) is 0. The predicted octanol–water partition coefficient (Wildman–Crippen LogP) is 2.51. The van der Waals surface area contributed by atoms with Crippen molar-refractivity contribution in [1.82, 2.24) is 9.55 Å². The van der Waals surface area contributed by atoms with E-state index in [1.807, 2.05) is 17.9 Å². The number of aromatic nitrogens is 2. The maximum absolute atomic E-state index is 11.7. The highest BCUT2D eigenvalue weighted by atomic mass is 32.1. The zero-order valence-electron chi connectivity index (χ0n) is 8.85. The van der Waals surface area contributed by atoms with Gasteiger partial charge in [0, 0.05) is 35.5 Å². The molecule has 0 aromatic carbocycles. The number of hydrogen-bond acceptors (Lipinski definition) is 3. The van der Waals surface area contributed by atoms with Crippen LogP contribution in [0, 0.1) is 0 Å². The SMILES string of the molecule is O=C1CCCc2cn(Cc3cncs3)cc21. The van der Waals surface area contributed by atoms with E-state index in [4.69, 9.17) is 0 Å². The zero-order chi connectivity index (χ0) is 11.0. The van der Waals surface area contributed by atoms with Crippen molar-refractivity contribution in [2.45, 2.75) is 25.8 Å². The summed E-state index contributed by atoms with van der Waals surface area (Å²) in [6.45, 7) is 0.824. The van der Waals surface area contributed by atoms with Crippen molar-refractivity contribution in [3.63, 3.8) is 0 Å². The molecular formula is C12H12N2OS. The first kappa shape index (κ1) is 9.78. The summed E-state index contributed by atoms with van der Waals surface area (Å²) in [6, 6.07) is 0. The van der Waals surface area contributed by atoms with Crippen LogP contribution in [-0.4, -0.2) is 15.3 Å². The molecule has 0 saturated heterocycles. The lowest BCUT2D eigenvalue weighted by atomic mass is 9.95. The van der Waals surface area contributed by atoms with E-state index in [9.17, 15) is 4.79 Å². The molecule has 0 aliphatic heterocycles. The van der Waals surface area contributed by atoms with Crippen LogP contribution < -0.4 is 0 Å². The van der Waals surface area contributed by atoms with Crippen molar-refractivity contribution < 1.29 is 4.79 Å². The van der Waals surface area contributed by atoms with Gasteiger partial charge in [0.1, 0.15) is 0 Å². The van der Waals surface area contributed by atoms with Gasteiger partial charge in [0.05, 0.1) is 12.1 Å². The predicted molar refractivity (Wildman–Crippen MR) is 62.9 cm³/mol. The maximum Gasteiger partial charge on any atom is 0.164 e. The van der Waals surface area contributed by atoms with Crippen LogP contribution in [0.2, 0.25) is 0 Å². The number of aryl methyl sites for hydroxylation is 1. The molecule has 4 heteroatoms. The zero-order valence-corrected chi connectivity index (χ0v) is 9.67. The van der Waals surface area contributed by atoms with Gasteiger partial charge in [-0.2, -0.15) is 0 Å². The van der Waals surface area contributed by atoms with Crippen LogP contribution in [0.1, 0.15) is 33.6 Å². The fourth-order valence-corrected chi connectivity index (χ4v) is 2.77. The highest BCUT2D eigenvalue weighted by Crippen LogP contribution is 2.22. The van der Waals surface area contributed by atoms with Crippen LogP contribution in [0.3, 0.4) is 0 Å². The lowest BCUT2D eigenvalue weighted by Crippen LogP contribution is -2.07. The normalized spacial score (nSPS) is 15.1. The van der Waals surface area contributed by atoms with Crippen LogP contribution in [0.25, 0.3) is 0 Å². The van der Waals surface area contributed by atoms with Crippen LogP contribution in [0.5, 0.6) is 0 Å². The fourth-order valence-electron chi connectivity index (χ4n) is 2.17. The smallest absolute Gasteiger partial charge is 0.164 e. The molecule has 0 saturated carbocycles. The van der Waals surface area contributed by atoms with Crippen LogP contribution in [0.4, 0.5) is 0 Å². The van der Waals surface area contributed by atoms with Gasteiger partial charge in [-0.15, -0.1) is 11.3 Å². The molecule has 0 bridgehead atoms. The van der Waals surface area contributed by atoms with Crippen molar-refractivity contribution in [2.75, 3.05) is 0 Å². The molecule has 0 spiro atoms. The van der Waals surface area contributed by atoms with Crippen molar-refractivity contribution in [2.24, 2.45) is 0 Å². The Kier molecular flexibility index (Phi) is 2.36. The largest absolute Gasteiger partial charge is 0.348 e. The third-order valence-corrected chi connectivity index (χ3v) is 3.70. The third-order valence-electron chi connectivity index (χ3n) is 2.93. The van der Waals surface area contributed by atoms with Gasteiger partial charge in [-0.1, -0.05) is 0 Å². The second kappa shape index (κ2) is 3.87. The number of carbonyl (C=O) groups is 1. The summed E-state index contributed by atoms with van der Waals surface area (Å²) in [5.41, 5.74) is 3.97. The van der Waals surface area contributed by atoms with E-state index in [1.54, 1.807) is 11.3 Å². The number of ketones is 1. The highest BCUT2D eigenvalue weighted by Gasteiger charge is 2.18. The lowest BCUT2D eigenvalue weighted by Gasteiger charge is -2.07. The molecule has 0 N–H and O–H groups in total. The van der Waals surface area contributed by atoms with Crippen molar-refractivity contribution in [1.29, 1.82) is 0 Å². The number of carbonyl (C=O) groups excluding carboxylic acids is 1. The Balaban J connectivity index is 1.89. The highest BCUT2D eigenvalue weighted by molar-refractivity contribution is 7.09. The van der Waals surface area contributed by atoms with Gasteiger partial charge in [0.2, 0.25) is 0 Å². The molecule has 3 nitrogen and oxygen atoms in total. The standard InChI is InChI=1S/C12H12N2OS/c15-12-3-1-2-9-5-14(7-11(9)12)6-10-4-13-8-16-10/h4-5,7-8H,1-3,6H2. The minimum absolute atomic E-state index is 0.296. The number of fused-ring (bicyclic) bond motifs is 1. The molecule has 0 unspecified atom stereocenters. The monoisotopic (exact) mass is 232 g/mol. The quantitative estimate of drug-likeness (QED) is 0.797. The first-order chi connectivity index (χ1) is 7.83. The molecule has 2 aromatic heterocycles. The Morgan fingerprint density at radius 2 is 2.31 bits per heavy atom. The molecule has 82 valence electrons. The summed E-state index contributed by atoms with van der Waals surface area (Å²) in [6.07, 6.45) is 8.71. The van der Waals surface area contributed by atoms with E-state index >= 15 is 0 Å². The van der Waals surface area contributed by atoms with Gasteiger partial charge >= 0.3 is 0 Å². The summed E-state index contributed by atoms with van der Waals surface area (Å²) in [5.74, 6) is 0.296. The molecular weight excluding hydrogens is 220 g/mol. The van der Waals surface area contributed by atoms with E-state index in [2.05, 4.69) is 15.7 Å². The molecule has 0 atom stereocenters. The fraction of sp³-hybridized carbons (Fsp3) is 0.333. The van der Waals surface area contributed by atoms with Gasteiger partial charge in [-0.05, 0) is 18.4 Å². The maximum atomic E-state index is 11.7. The van der Waals surface area contributed by atoms with Crippen molar-refractivity contribution >= 4 is 17.1 Å². The number of thiazole rings is 1. The van der Waals surface area contributed by atoms with E-state index in [0.29, 0.717) is 12.2 Å². The van der Waals surface area contributed by atoms with E-state index < -0.39 is 0 Å². The van der Waals surface area contributed by atoms with Crippen molar-refractivity contribution in [3.05, 3.63) is 40.1 Å². The molecule has 1 aliphatic rings. The Morgan fingerprint density at radius 3 is 3.06 bits per heavy atom. The second-order valence-corrected chi connectivity index (χ2v) is 5.08. The molecule has 2 aromatic rings. The van der Waals surface area contributed by atoms with E-state index in [0.717, 1.165) is 24.9 Å².